The van der Waals surface area contributed by atoms with Gasteiger partial charge in [0.25, 0.3) is 0 Å². The Hall–Kier alpha value is -1.01. The van der Waals surface area contributed by atoms with Gasteiger partial charge in [-0.2, -0.15) is 0 Å². The van der Waals surface area contributed by atoms with Gasteiger partial charge in [0.2, 0.25) is 0 Å². The fourth-order valence-corrected chi connectivity index (χ4v) is 0.395. The van der Waals surface area contributed by atoms with Gasteiger partial charge in [-0.1, -0.05) is 5.92 Å². The van der Waals surface area contributed by atoms with Crippen molar-refractivity contribution in [3.8, 4) is 11.8 Å². The maximum atomic E-state index is 10.5. The Morgan fingerprint density at radius 3 is 2.55 bits per heavy atom. The molecule has 0 amide bonds. The van der Waals surface area contributed by atoms with Crippen molar-refractivity contribution in [2.75, 3.05) is 7.11 Å². The number of carbonyl (C=O) groups excluding carboxylic acids is 1. The molecule has 0 rings (SSSR count). The highest BCUT2D eigenvalue weighted by Crippen LogP contribution is 2.00. The Kier molecular flexibility index (Phi) is 3.63. The summed E-state index contributed by atoms with van der Waals surface area (Å²) in [6.45, 7) is 3.69. The Labute approximate surface area is 66.9 Å². The van der Waals surface area contributed by atoms with Crippen molar-refractivity contribution < 1.29 is 9.53 Å². The van der Waals surface area contributed by atoms with Crippen LogP contribution in [0.1, 0.15) is 20.3 Å². The number of nitrogens with two attached hydrogens (primary N) is 1. The number of hydrogen-bond acceptors (Lipinski definition) is 3. The molecular formula is C8H13NO2. The quantitative estimate of drug-likeness (QED) is 0.336. The predicted molar refractivity (Wildman–Crippen MR) is 42.7 cm³/mol. The van der Waals surface area contributed by atoms with Crippen LogP contribution < -0.4 is 5.73 Å². The molecule has 2 N–H and O–H groups in total. The molecule has 3 heteroatoms. The lowest BCUT2D eigenvalue weighted by Crippen LogP contribution is -2.30. The standard InChI is InChI=1S/C8H13NO2/c1-8(2,9)6-4-5-7(10)11-3/h6,9H2,1-3H3. The van der Waals surface area contributed by atoms with Gasteiger partial charge in [0, 0.05) is 17.9 Å². The van der Waals surface area contributed by atoms with E-state index in [0.717, 1.165) is 0 Å². The summed E-state index contributed by atoms with van der Waals surface area (Å²) < 4.78 is 4.31. The van der Waals surface area contributed by atoms with Crippen molar-refractivity contribution in [3.63, 3.8) is 0 Å². The summed E-state index contributed by atoms with van der Waals surface area (Å²) in [5.74, 6) is 4.40. The maximum Gasteiger partial charge on any atom is 0.384 e. The van der Waals surface area contributed by atoms with Gasteiger partial charge in [0.15, 0.2) is 0 Å². The van der Waals surface area contributed by atoms with Gasteiger partial charge in [-0.05, 0) is 13.8 Å². The predicted octanol–water partition coefficient (Wildman–Crippen LogP) is 0.290. The van der Waals surface area contributed by atoms with E-state index < -0.39 is 5.97 Å². The molecule has 0 aliphatic carbocycles. The van der Waals surface area contributed by atoms with Crippen LogP contribution in [0.3, 0.4) is 0 Å². The zero-order valence-corrected chi connectivity index (χ0v) is 7.10. The van der Waals surface area contributed by atoms with Gasteiger partial charge >= 0.3 is 5.97 Å². The van der Waals surface area contributed by atoms with Crippen LogP contribution in [0, 0.1) is 11.8 Å². The highest BCUT2D eigenvalue weighted by atomic mass is 16.5. The van der Waals surface area contributed by atoms with Gasteiger partial charge in [0.05, 0.1) is 7.11 Å². The topological polar surface area (TPSA) is 52.3 Å². The summed E-state index contributed by atoms with van der Waals surface area (Å²) in [7, 11) is 1.30. The van der Waals surface area contributed by atoms with E-state index in [-0.39, 0.29) is 5.54 Å². The molecule has 0 aromatic rings. The highest BCUT2D eigenvalue weighted by molar-refractivity contribution is 5.88. The minimum Gasteiger partial charge on any atom is -0.459 e. The molecule has 0 aliphatic heterocycles. The molecule has 0 spiro atoms. The third-order valence-electron chi connectivity index (χ3n) is 0.920. The molecule has 0 saturated carbocycles. The second-order valence-electron chi connectivity index (χ2n) is 2.96. The van der Waals surface area contributed by atoms with E-state index in [4.69, 9.17) is 5.73 Å². The zero-order valence-electron chi connectivity index (χ0n) is 7.10. The van der Waals surface area contributed by atoms with E-state index in [0.29, 0.717) is 6.42 Å². The summed E-state index contributed by atoms with van der Waals surface area (Å²) in [5, 5.41) is 0. The van der Waals surface area contributed by atoms with Crippen LogP contribution in [0.25, 0.3) is 0 Å². The van der Waals surface area contributed by atoms with Crippen molar-refractivity contribution >= 4 is 5.97 Å². The largest absolute Gasteiger partial charge is 0.459 e. The summed E-state index contributed by atoms with van der Waals surface area (Å²) in [6, 6.07) is 0. The fourth-order valence-electron chi connectivity index (χ4n) is 0.395. The first kappa shape index (κ1) is 9.99. The first-order valence-electron chi connectivity index (χ1n) is 3.31. The first-order chi connectivity index (χ1) is 4.95. The summed E-state index contributed by atoms with van der Waals surface area (Å²) >= 11 is 0. The van der Waals surface area contributed by atoms with E-state index in [1.165, 1.54) is 7.11 Å². The molecular weight excluding hydrogens is 142 g/mol. The highest BCUT2D eigenvalue weighted by Gasteiger charge is 2.07. The number of ether oxygens (including phenoxy) is 1. The average molecular weight is 155 g/mol. The van der Waals surface area contributed by atoms with Crippen LogP contribution in [0.4, 0.5) is 0 Å². The monoisotopic (exact) mass is 155 g/mol. The van der Waals surface area contributed by atoms with Crippen LogP contribution in [-0.4, -0.2) is 18.6 Å². The number of methoxy groups -OCH3 is 1. The van der Waals surface area contributed by atoms with E-state index in [1.54, 1.807) is 0 Å². The normalized spacial score (nSPS) is 9.82. The molecule has 0 fully saturated rings. The minimum atomic E-state index is -0.519. The molecule has 0 aliphatic rings. The molecule has 11 heavy (non-hydrogen) atoms. The van der Waals surface area contributed by atoms with Crippen LogP contribution in [0.2, 0.25) is 0 Å². The van der Waals surface area contributed by atoms with Gasteiger partial charge in [-0.25, -0.2) is 4.79 Å². The first-order valence-corrected chi connectivity index (χ1v) is 3.31. The summed E-state index contributed by atoms with van der Waals surface area (Å²) in [4.78, 5) is 10.5. The van der Waals surface area contributed by atoms with Crippen LogP contribution in [-0.2, 0) is 9.53 Å². The van der Waals surface area contributed by atoms with E-state index in [1.807, 2.05) is 13.8 Å². The second-order valence-corrected chi connectivity index (χ2v) is 2.96. The molecule has 0 atom stereocenters. The van der Waals surface area contributed by atoms with E-state index in [2.05, 4.69) is 16.6 Å². The summed E-state index contributed by atoms with van der Waals surface area (Å²) in [5.41, 5.74) is 5.26. The third-order valence-corrected chi connectivity index (χ3v) is 0.920. The molecule has 0 aromatic heterocycles. The number of carbonyl (C=O) groups is 1. The lowest BCUT2D eigenvalue weighted by Gasteiger charge is -2.12. The lowest BCUT2D eigenvalue weighted by molar-refractivity contribution is -0.133. The number of rotatable bonds is 1. The van der Waals surface area contributed by atoms with Gasteiger partial charge in [-0.3, -0.25) is 0 Å². The van der Waals surface area contributed by atoms with Crippen LogP contribution in [0.5, 0.6) is 0 Å². The van der Waals surface area contributed by atoms with E-state index in [9.17, 15) is 4.79 Å². The van der Waals surface area contributed by atoms with Gasteiger partial charge < -0.3 is 10.5 Å². The van der Waals surface area contributed by atoms with Crippen LogP contribution >= 0.6 is 0 Å². The zero-order chi connectivity index (χ0) is 8.91. The van der Waals surface area contributed by atoms with Crippen LogP contribution in [0.15, 0.2) is 0 Å². The Balaban J connectivity index is 3.83. The minimum absolute atomic E-state index is 0.346. The lowest BCUT2D eigenvalue weighted by atomic mass is 10.0. The van der Waals surface area contributed by atoms with Crippen molar-refractivity contribution in [1.29, 1.82) is 0 Å². The molecule has 62 valence electrons. The molecule has 0 aromatic carbocycles. The molecule has 0 radical (unpaired) electrons. The summed E-state index contributed by atoms with van der Waals surface area (Å²) in [6.07, 6.45) is 0.488. The van der Waals surface area contributed by atoms with Gasteiger partial charge in [0.1, 0.15) is 0 Å². The van der Waals surface area contributed by atoms with Crippen molar-refractivity contribution in [2.45, 2.75) is 25.8 Å². The van der Waals surface area contributed by atoms with E-state index >= 15 is 0 Å². The number of esters is 1. The smallest absolute Gasteiger partial charge is 0.384 e. The Morgan fingerprint density at radius 1 is 1.64 bits per heavy atom. The molecule has 0 bridgehead atoms. The SMILES string of the molecule is COC(=O)C#CCC(C)(C)N. The van der Waals surface area contributed by atoms with Gasteiger partial charge in [-0.15, -0.1) is 0 Å². The molecule has 3 nitrogen and oxygen atoms in total. The molecule has 0 saturated heterocycles. The molecule has 0 heterocycles. The Bertz CT molecular complexity index is 192. The Morgan fingerprint density at radius 2 is 2.18 bits per heavy atom. The van der Waals surface area contributed by atoms with Crippen molar-refractivity contribution in [3.05, 3.63) is 0 Å². The van der Waals surface area contributed by atoms with Crippen molar-refractivity contribution in [2.24, 2.45) is 5.73 Å². The van der Waals surface area contributed by atoms with Crippen molar-refractivity contribution in [1.82, 2.24) is 0 Å². The maximum absolute atomic E-state index is 10.5. The second kappa shape index (κ2) is 3.99. The third kappa shape index (κ3) is 6.88. The number of hydrogen-bond donors (Lipinski definition) is 1. The molecule has 0 unspecified atom stereocenters. The average Bonchev–Trinajstić information content (AvgIpc) is 1.85. The fraction of sp³-hybridized carbons (Fsp3) is 0.625.